The van der Waals surface area contributed by atoms with Crippen LogP contribution in [0.25, 0.3) is 0 Å². The lowest BCUT2D eigenvalue weighted by Gasteiger charge is -2.29. The maximum atomic E-state index is 3.88. The summed E-state index contributed by atoms with van der Waals surface area (Å²) in [6.07, 6.45) is 4.63. The van der Waals surface area contributed by atoms with Crippen LogP contribution in [0.1, 0.15) is 18.4 Å². The van der Waals surface area contributed by atoms with E-state index in [2.05, 4.69) is 47.1 Å². The lowest BCUT2D eigenvalue weighted by molar-refractivity contribution is 0.216. The minimum atomic E-state index is 0.843. The highest BCUT2D eigenvalue weighted by atomic mass is 15.1. The second-order valence-corrected chi connectivity index (χ2v) is 5.16. The zero-order valence-electron chi connectivity index (χ0n) is 11.1. The van der Waals surface area contributed by atoms with Crippen molar-refractivity contribution in [3.8, 4) is 0 Å². The molecule has 1 fully saturated rings. The quantitative estimate of drug-likeness (QED) is 0.774. The van der Waals surface area contributed by atoms with Crippen LogP contribution >= 0.6 is 0 Å². The molecule has 1 aromatic rings. The second kappa shape index (κ2) is 7.34. The number of benzene rings is 1. The largest absolute Gasteiger partial charge is 0.317 e. The Bertz CT molecular complexity index is 341. The molecule has 1 aliphatic heterocycles. The number of piperidine rings is 1. The third kappa shape index (κ3) is 4.28. The molecule has 0 aliphatic carbocycles. The molecule has 2 nitrogen and oxygen atoms in total. The molecule has 0 bridgehead atoms. The van der Waals surface area contributed by atoms with Gasteiger partial charge in [-0.1, -0.05) is 36.4 Å². The van der Waals surface area contributed by atoms with Crippen molar-refractivity contribution in [2.45, 2.75) is 19.4 Å². The standard InChI is InChI=1S/C16H24N2/c1-2-12-18(13-15-6-4-3-5-7-15)14-16-8-10-17-11-9-16/h2-7,16-17H,1,8-14H2. The van der Waals surface area contributed by atoms with E-state index in [1.54, 1.807) is 0 Å². The summed E-state index contributed by atoms with van der Waals surface area (Å²) in [5, 5.41) is 3.43. The monoisotopic (exact) mass is 244 g/mol. The maximum Gasteiger partial charge on any atom is 0.0237 e. The Balaban J connectivity index is 1.88. The smallest absolute Gasteiger partial charge is 0.0237 e. The Labute approximate surface area is 111 Å². The maximum absolute atomic E-state index is 3.88. The van der Waals surface area contributed by atoms with Gasteiger partial charge in [0.05, 0.1) is 0 Å². The Kier molecular flexibility index (Phi) is 5.43. The van der Waals surface area contributed by atoms with Crippen LogP contribution in [-0.4, -0.2) is 31.1 Å². The van der Waals surface area contributed by atoms with Crippen molar-refractivity contribution in [2.24, 2.45) is 5.92 Å². The van der Waals surface area contributed by atoms with Crippen molar-refractivity contribution >= 4 is 0 Å². The first kappa shape index (κ1) is 13.3. The van der Waals surface area contributed by atoms with Crippen LogP contribution < -0.4 is 5.32 Å². The number of hydrogen-bond donors (Lipinski definition) is 1. The highest BCUT2D eigenvalue weighted by molar-refractivity contribution is 5.14. The van der Waals surface area contributed by atoms with Gasteiger partial charge in [0.2, 0.25) is 0 Å². The zero-order chi connectivity index (χ0) is 12.6. The molecule has 0 aromatic heterocycles. The van der Waals surface area contributed by atoms with Crippen molar-refractivity contribution in [3.05, 3.63) is 48.6 Å². The fourth-order valence-electron chi connectivity index (χ4n) is 2.66. The van der Waals surface area contributed by atoms with Crippen LogP contribution in [0.4, 0.5) is 0 Å². The van der Waals surface area contributed by atoms with Gasteiger partial charge in [0, 0.05) is 19.6 Å². The van der Waals surface area contributed by atoms with Crippen LogP contribution in [0.15, 0.2) is 43.0 Å². The number of hydrogen-bond acceptors (Lipinski definition) is 2. The Morgan fingerprint density at radius 3 is 2.61 bits per heavy atom. The van der Waals surface area contributed by atoms with Gasteiger partial charge in [-0.15, -0.1) is 6.58 Å². The van der Waals surface area contributed by atoms with Gasteiger partial charge >= 0.3 is 0 Å². The topological polar surface area (TPSA) is 15.3 Å². The normalized spacial score (nSPS) is 16.9. The van der Waals surface area contributed by atoms with Crippen molar-refractivity contribution in [1.82, 2.24) is 10.2 Å². The SMILES string of the molecule is C=CCN(Cc1ccccc1)CC1CCNCC1. The van der Waals surface area contributed by atoms with Crippen molar-refractivity contribution in [2.75, 3.05) is 26.2 Å². The van der Waals surface area contributed by atoms with Gasteiger partial charge in [-0.3, -0.25) is 4.90 Å². The van der Waals surface area contributed by atoms with Crippen LogP contribution in [0.2, 0.25) is 0 Å². The van der Waals surface area contributed by atoms with Crippen LogP contribution in [0, 0.1) is 5.92 Å². The third-order valence-electron chi connectivity index (χ3n) is 3.61. The summed E-state index contributed by atoms with van der Waals surface area (Å²) in [4.78, 5) is 2.51. The van der Waals surface area contributed by atoms with E-state index >= 15 is 0 Å². The molecule has 0 amide bonds. The molecule has 2 rings (SSSR count). The van der Waals surface area contributed by atoms with E-state index in [9.17, 15) is 0 Å². The first-order valence-electron chi connectivity index (χ1n) is 6.96. The summed E-state index contributed by atoms with van der Waals surface area (Å²) in [7, 11) is 0. The van der Waals surface area contributed by atoms with E-state index in [4.69, 9.17) is 0 Å². The highest BCUT2D eigenvalue weighted by Gasteiger charge is 2.16. The molecule has 1 aromatic carbocycles. The van der Waals surface area contributed by atoms with Crippen LogP contribution in [-0.2, 0) is 6.54 Å². The fraction of sp³-hybridized carbons (Fsp3) is 0.500. The van der Waals surface area contributed by atoms with Gasteiger partial charge in [-0.2, -0.15) is 0 Å². The van der Waals surface area contributed by atoms with E-state index in [1.165, 1.54) is 38.0 Å². The van der Waals surface area contributed by atoms with Gasteiger partial charge in [-0.25, -0.2) is 0 Å². The molecule has 1 aliphatic rings. The second-order valence-electron chi connectivity index (χ2n) is 5.16. The fourth-order valence-corrected chi connectivity index (χ4v) is 2.66. The predicted molar refractivity (Wildman–Crippen MR) is 77.5 cm³/mol. The zero-order valence-corrected chi connectivity index (χ0v) is 11.1. The van der Waals surface area contributed by atoms with Gasteiger partial charge in [0.1, 0.15) is 0 Å². The molecule has 1 N–H and O–H groups in total. The minimum Gasteiger partial charge on any atom is -0.317 e. The lowest BCUT2D eigenvalue weighted by atomic mass is 9.97. The summed E-state index contributed by atoms with van der Waals surface area (Å²) in [6, 6.07) is 10.7. The summed E-state index contributed by atoms with van der Waals surface area (Å²) in [6.45, 7) is 9.46. The van der Waals surface area contributed by atoms with Crippen molar-refractivity contribution < 1.29 is 0 Å². The predicted octanol–water partition coefficient (Wildman–Crippen LogP) is 2.67. The molecule has 18 heavy (non-hydrogen) atoms. The minimum absolute atomic E-state index is 0.843. The molecule has 0 saturated carbocycles. The lowest BCUT2D eigenvalue weighted by Crippen LogP contribution is -2.36. The first-order chi connectivity index (χ1) is 8.88. The van der Waals surface area contributed by atoms with Gasteiger partial charge < -0.3 is 5.32 Å². The molecule has 98 valence electrons. The molecule has 0 radical (unpaired) electrons. The summed E-state index contributed by atoms with van der Waals surface area (Å²) in [5.41, 5.74) is 1.40. The Hall–Kier alpha value is -1.12. The molecule has 1 heterocycles. The highest BCUT2D eigenvalue weighted by Crippen LogP contribution is 2.15. The van der Waals surface area contributed by atoms with Crippen molar-refractivity contribution in [3.63, 3.8) is 0 Å². The van der Waals surface area contributed by atoms with Crippen LogP contribution in [0.3, 0.4) is 0 Å². The van der Waals surface area contributed by atoms with E-state index in [0.717, 1.165) is 19.0 Å². The summed E-state index contributed by atoms with van der Waals surface area (Å²) >= 11 is 0. The molecule has 0 unspecified atom stereocenters. The van der Waals surface area contributed by atoms with E-state index < -0.39 is 0 Å². The summed E-state index contributed by atoms with van der Waals surface area (Å²) in [5.74, 6) is 0.843. The van der Waals surface area contributed by atoms with E-state index in [0.29, 0.717) is 0 Å². The van der Waals surface area contributed by atoms with Crippen molar-refractivity contribution in [1.29, 1.82) is 0 Å². The molecular formula is C16H24N2. The molecule has 1 saturated heterocycles. The number of rotatable bonds is 6. The van der Waals surface area contributed by atoms with Gasteiger partial charge in [0.25, 0.3) is 0 Å². The molecule has 0 atom stereocenters. The third-order valence-corrected chi connectivity index (χ3v) is 3.61. The molecule has 2 heteroatoms. The Morgan fingerprint density at radius 2 is 1.94 bits per heavy atom. The number of nitrogens with one attached hydrogen (secondary N) is 1. The first-order valence-corrected chi connectivity index (χ1v) is 6.96. The average molecular weight is 244 g/mol. The van der Waals surface area contributed by atoms with Gasteiger partial charge in [0.15, 0.2) is 0 Å². The van der Waals surface area contributed by atoms with E-state index in [-0.39, 0.29) is 0 Å². The average Bonchev–Trinajstić information content (AvgIpc) is 2.41. The Morgan fingerprint density at radius 1 is 1.22 bits per heavy atom. The van der Waals surface area contributed by atoms with Gasteiger partial charge in [-0.05, 0) is 37.4 Å². The number of nitrogens with zero attached hydrogens (tertiary/aromatic N) is 1. The summed E-state index contributed by atoms with van der Waals surface area (Å²) < 4.78 is 0. The molecule has 0 spiro atoms. The molecular weight excluding hydrogens is 220 g/mol. The van der Waals surface area contributed by atoms with Crippen LogP contribution in [0.5, 0.6) is 0 Å². The van der Waals surface area contributed by atoms with E-state index in [1.807, 2.05) is 6.08 Å².